The molecule has 0 spiro atoms. The van der Waals surface area contributed by atoms with Gasteiger partial charge < -0.3 is 30.3 Å². The van der Waals surface area contributed by atoms with Crippen LogP contribution < -0.4 is 10.6 Å². The lowest BCUT2D eigenvalue weighted by molar-refractivity contribution is -0.148. The maximum absolute atomic E-state index is 12.8. The van der Waals surface area contributed by atoms with Crippen molar-refractivity contribution in [1.82, 2.24) is 10.6 Å². The van der Waals surface area contributed by atoms with Crippen LogP contribution >= 0.6 is 0 Å². The molecule has 222 valence electrons. The zero-order chi connectivity index (χ0) is 30.8. The third kappa shape index (κ3) is 5.33. The predicted molar refractivity (Wildman–Crippen MR) is 159 cm³/mol. The Labute approximate surface area is 252 Å². The van der Waals surface area contributed by atoms with Crippen LogP contribution in [0.5, 0.6) is 0 Å². The Hall–Kier alpha value is -5.64. The molecular weight excluding hydrogens is 564 g/mol. The molecule has 0 aromatic heterocycles. The topological polar surface area (TPSA) is 151 Å². The van der Waals surface area contributed by atoms with E-state index in [0.717, 1.165) is 44.5 Å². The third-order valence-corrected chi connectivity index (χ3v) is 8.10. The van der Waals surface area contributed by atoms with Crippen LogP contribution in [0.1, 0.15) is 34.1 Å². The number of ether oxygens (including phenoxy) is 2. The highest BCUT2D eigenvalue weighted by Gasteiger charge is 2.38. The Morgan fingerprint density at radius 2 is 0.795 bits per heavy atom. The van der Waals surface area contributed by atoms with E-state index in [1.54, 1.807) is 0 Å². The molecule has 4 aromatic rings. The van der Waals surface area contributed by atoms with E-state index >= 15 is 0 Å². The minimum absolute atomic E-state index is 0.107. The van der Waals surface area contributed by atoms with Crippen molar-refractivity contribution in [2.45, 2.75) is 23.9 Å². The zero-order valence-corrected chi connectivity index (χ0v) is 23.3. The number of hydrogen-bond acceptors (Lipinski definition) is 6. The van der Waals surface area contributed by atoms with Gasteiger partial charge in [0.05, 0.1) is 0 Å². The van der Waals surface area contributed by atoms with Crippen LogP contribution in [0.25, 0.3) is 22.3 Å². The van der Waals surface area contributed by atoms with Gasteiger partial charge >= 0.3 is 24.1 Å². The number of carbonyl (C=O) groups is 4. The van der Waals surface area contributed by atoms with Crippen LogP contribution in [0.4, 0.5) is 9.59 Å². The number of carboxylic acids is 2. The molecule has 6 rings (SSSR count). The number of carboxylic acid groups (broad SMARTS) is 2. The van der Waals surface area contributed by atoms with Crippen LogP contribution in [-0.4, -0.2) is 59.6 Å². The van der Waals surface area contributed by atoms with Gasteiger partial charge in [0.25, 0.3) is 0 Å². The van der Waals surface area contributed by atoms with Gasteiger partial charge in [-0.25, -0.2) is 19.2 Å². The number of rotatable bonds is 9. The van der Waals surface area contributed by atoms with Gasteiger partial charge in [0.1, 0.15) is 13.2 Å². The summed E-state index contributed by atoms with van der Waals surface area (Å²) in [4.78, 5) is 49.6. The maximum Gasteiger partial charge on any atom is 0.407 e. The quantitative estimate of drug-likeness (QED) is 0.213. The number of amides is 2. The molecule has 0 fully saturated rings. The lowest BCUT2D eigenvalue weighted by atomic mass is 9.98. The largest absolute Gasteiger partial charge is 0.480 e. The fourth-order valence-corrected chi connectivity index (χ4v) is 6.11. The van der Waals surface area contributed by atoms with Crippen LogP contribution in [-0.2, 0) is 19.1 Å². The van der Waals surface area contributed by atoms with E-state index in [4.69, 9.17) is 9.47 Å². The number of aliphatic carboxylic acids is 2. The second-order valence-corrected chi connectivity index (χ2v) is 10.6. The van der Waals surface area contributed by atoms with Gasteiger partial charge in [-0.2, -0.15) is 0 Å². The first-order chi connectivity index (χ1) is 21.3. The van der Waals surface area contributed by atoms with Crippen molar-refractivity contribution < 1.29 is 38.9 Å². The molecule has 0 heterocycles. The first-order valence-electron chi connectivity index (χ1n) is 14.0. The average molecular weight is 593 g/mol. The van der Waals surface area contributed by atoms with Crippen molar-refractivity contribution in [3.63, 3.8) is 0 Å². The van der Waals surface area contributed by atoms with Crippen molar-refractivity contribution in [3.05, 3.63) is 119 Å². The summed E-state index contributed by atoms with van der Waals surface area (Å²) >= 11 is 0. The van der Waals surface area contributed by atoms with E-state index in [0.29, 0.717) is 0 Å². The molecule has 0 unspecified atom stereocenters. The molecule has 4 N–H and O–H groups in total. The van der Waals surface area contributed by atoms with Crippen molar-refractivity contribution in [2.75, 3.05) is 13.2 Å². The molecule has 0 bridgehead atoms. The van der Waals surface area contributed by atoms with E-state index in [1.807, 2.05) is 97.1 Å². The number of nitrogens with one attached hydrogen (secondary N) is 2. The highest BCUT2D eigenvalue weighted by atomic mass is 16.6. The smallest absolute Gasteiger partial charge is 0.407 e. The molecule has 2 amide bonds. The second-order valence-electron chi connectivity index (χ2n) is 10.6. The Balaban J connectivity index is 1.10. The molecule has 4 aromatic carbocycles. The van der Waals surface area contributed by atoms with Gasteiger partial charge in [0.2, 0.25) is 0 Å². The molecular formula is C34H28N2O8. The predicted octanol–water partition coefficient (Wildman–Crippen LogP) is 4.97. The summed E-state index contributed by atoms with van der Waals surface area (Å²) < 4.78 is 10.8. The molecule has 2 atom stereocenters. The Morgan fingerprint density at radius 1 is 0.523 bits per heavy atom. The average Bonchev–Trinajstić information content (AvgIpc) is 3.53. The molecule has 0 radical (unpaired) electrons. The molecule has 2 aliphatic carbocycles. The van der Waals surface area contributed by atoms with Crippen LogP contribution in [0.2, 0.25) is 0 Å². The lowest BCUT2D eigenvalue weighted by Gasteiger charge is -2.23. The second kappa shape index (κ2) is 11.9. The molecule has 10 heteroatoms. The first-order valence-corrected chi connectivity index (χ1v) is 14.0. The lowest BCUT2D eigenvalue weighted by Crippen LogP contribution is -2.59. The van der Waals surface area contributed by atoms with Gasteiger partial charge in [0, 0.05) is 11.8 Å². The fraction of sp³-hybridized carbons (Fsp3) is 0.176. The normalized spacial score (nSPS) is 14.3. The van der Waals surface area contributed by atoms with Gasteiger partial charge in [-0.1, -0.05) is 97.1 Å². The summed E-state index contributed by atoms with van der Waals surface area (Å²) in [6, 6.07) is 26.7. The number of hydrogen-bond donors (Lipinski definition) is 4. The minimum atomic E-state index is -2.04. The zero-order valence-electron chi connectivity index (χ0n) is 23.3. The maximum atomic E-state index is 12.8. The molecule has 44 heavy (non-hydrogen) atoms. The first kappa shape index (κ1) is 28.5. The Kier molecular flexibility index (Phi) is 7.72. The highest BCUT2D eigenvalue weighted by molar-refractivity contribution is 5.90. The van der Waals surface area contributed by atoms with E-state index in [1.165, 1.54) is 0 Å². The standard InChI is InChI=1S/C34H28N2O8/c37-31(38)29(35-33(41)43-17-27-23-13-5-1-9-19(23)20-10-2-6-14-24(20)27)30(32(39)40)36-34(42)44-18-28-25-15-7-3-11-21(25)22-12-4-8-16-26(22)28/h1-16,27-30H,17-18H2,(H,35,41)(H,36,42)(H,37,38)(H,39,40)/t29-,30+. The third-order valence-electron chi connectivity index (χ3n) is 8.10. The fourth-order valence-electron chi connectivity index (χ4n) is 6.11. The van der Waals surface area contributed by atoms with Crippen molar-refractivity contribution in [1.29, 1.82) is 0 Å². The minimum Gasteiger partial charge on any atom is -0.480 e. The molecule has 0 saturated carbocycles. The van der Waals surface area contributed by atoms with E-state index in [9.17, 15) is 29.4 Å². The highest BCUT2D eigenvalue weighted by Crippen LogP contribution is 2.45. The van der Waals surface area contributed by atoms with Gasteiger partial charge in [-0.05, 0) is 44.5 Å². The molecule has 0 saturated heterocycles. The van der Waals surface area contributed by atoms with E-state index in [-0.39, 0.29) is 25.0 Å². The molecule has 10 nitrogen and oxygen atoms in total. The molecule has 2 aliphatic rings. The van der Waals surface area contributed by atoms with Crippen molar-refractivity contribution in [3.8, 4) is 22.3 Å². The summed E-state index contributed by atoms with van der Waals surface area (Å²) in [6.45, 7) is -0.215. The summed E-state index contributed by atoms with van der Waals surface area (Å²) in [5.74, 6) is -3.92. The number of fused-ring (bicyclic) bond motifs is 6. The number of carbonyl (C=O) groups excluding carboxylic acids is 2. The molecule has 0 aliphatic heterocycles. The summed E-state index contributed by atoms with van der Waals surface area (Å²) in [6.07, 6.45) is -2.28. The van der Waals surface area contributed by atoms with Crippen molar-refractivity contribution >= 4 is 24.1 Å². The number of benzene rings is 4. The van der Waals surface area contributed by atoms with E-state index < -0.39 is 36.2 Å². The van der Waals surface area contributed by atoms with Gasteiger partial charge in [-0.3, -0.25) is 0 Å². The monoisotopic (exact) mass is 592 g/mol. The summed E-state index contributed by atoms with van der Waals surface area (Å²) in [7, 11) is 0. The summed E-state index contributed by atoms with van der Waals surface area (Å²) in [5, 5.41) is 23.8. The SMILES string of the molecule is O=C(N[C@H](C(=O)O)[C@@H](NC(=O)OCC1c2ccccc2-c2ccccc21)C(=O)O)OCC1c2ccccc2-c2ccccc21. The van der Waals surface area contributed by atoms with Crippen molar-refractivity contribution in [2.24, 2.45) is 0 Å². The van der Waals surface area contributed by atoms with Crippen LogP contribution in [0.3, 0.4) is 0 Å². The Morgan fingerprint density at radius 3 is 1.07 bits per heavy atom. The van der Waals surface area contributed by atoms with Gasteiger partial charge in [-0.15, -0.1) is 0 Å². The van der Waals surface area contributed by atoms with E-state index in [2.05, 4.69) is 10.6 Å². The van der Waals surface area contributed by atoms with Crippen LogP contribution in [0, 0.1) is 0 Å². The van der Waals surface area contributed by atoms with Gasteiger partial charge in [0.15, 0.2) is 12.1 Å². The Bertz CT molecular complexity index is 1550. The van der Waals surface area contributed by atoms with Crippen LogP contribution in [0.15, 0.2) is 97.1 Å². The summed E-state index contributed by atoms with van der Waals surface area (Å²) in [5.41, 5.74) is 7.87. The number of alkyl carbamates (subject to hydrolysis) is 2.